The predicted octanol–water partition coefficient (Wildman–Crippen LogP) is 5.46. The van der Waals surface area contributed by atoms with Gasteiger partial charge in [-0.25, -0.2) is 9.38 Å². The van der Waals surface area contributed by atoms with Crippen LogP contribution in [0.5, 0.6) is 5.75 Å². The van der Waals surface area contributed by atoms with E-state index in [-0.39, 0.29) is 12.2 Å². The van der Waals surface area contributed by atoms with E-state index in [1.165, 1.54) is 28.0 Å². The predicted molar refractivity (Wildman–Crippen MR) is 167 cm³/mol. The topological polar surface area (TPSA) is 96.5 Å². The van der Waals surface area contributed by atoms with Gasteiger partial charge in [-0.1, -0.05) is 72.0 Å². The molecule has 216 valence electrons. The average Bonchev–Trinajstić information content (AvgIpc) is 3.34. The summed E-state index contributed by atoms with van der Waals surface area (Å²) in [5.41, 5.74) is 3.79. The molecule has 4 aromatic carbocycles. The minimum Gasteiger partial charge on any atom is -0.489 e. The first-order chi connectivity index (χ1) is 21.4. The lowest BCUT2D eigenvalue weighted by molar-refractivity contribution is -0.113. The molecule has 2 heterocycles. The van der Waals surface area contributed by atoms with Crippen molar-refractivity contribution in [2.45, 2.75) is 19.6 Å². The smallest absolute Gasteiger partial charge is 0.271 e. The Morgan fingerprint density at radius 3 is 2.45 bits per heavy atom. The normalized spacial score (nSPS) is 14.4. The van der Waals surface area contributed by atoms with Crippen molar-refractivity contribution in [3.63, 3.8) is 0 Å². The minimum atomic E-state index is -0.801. The summed E-state index contributed by atoms with van der Waals surface area (Å²) in [6, 6.07) is 30.7. The van der Waals surface area contributed by atoms with E-state index >= 15 is 0 Å². The standard InChI is InChI=1S/C35H25FN4O3S/c1-22-31(33(41)39-28-9-3-2-4-10-28)32(24-13-15-27(36)16-14-24)40-34(42)30(44-35(40)38-22)19-23-11-17-29(18-12-23)43-21-26-8-6-5-7-25(26)20-37/h2-19,32H,21H2,1H3,(H,39,41)/b30-19+/t32-/m1/s1. The van der Waals surface area contributed by atoms with Crippen LogP contribution in [0.1, 0.15) is 35.2 Å². The molecule has 6 rings (SSSR count). The number of allylic oxidation sites excluding steroid dienone is 1. The first-order valence-electron chi connectivity index (χ1n) is 13.8. The summed E-state index contributed by atoms with van der Waals surface area (Å²) in [5, 5.41) is 12.2. The number of nitriles is 1. The number of carbonyl (C=O) groups excluding carboxylic acids is 1. The molecule has 0 bridgehead atoms. The van der Waals surface area contributed by atoms with Gasteiger partial charge in [-0.05, 0) is 66.6 Å². The lowest BCUT2D eigenvalue weighted by Gasteiger charge is -2.25. The number of nitrogens with zero attached hydrogens (tertiary/aromatic N) is 3. The molecule has 1 aliphatic heterocycles. The Labute approximate surface area is 256 Å². The minimum absolute atomic E-state index is 0.255. The number of hydrogen-bond acceptors (Lipinski definition) is 6. The van der Waals surface area contributed by atoms with E-state index < -0.39 is 17.8 Å². The highest BCUT2D eigenvalue weighted by Crippen LogP contribution is 2.31. The van der Waals surface area contributed by atoms with Gasteiger partial charge in [-0.3, -0.25) is 14.2 Å². The third kappa shape index (κ3) is 5.84. The SMILES string of the molecule is CC1=C(C(=O)Nc2ccccc2)[C@@H](c2ccc(F)cc2)n2c(s/c(=C/c3ccc(OCc4ccccc4C#N)cc3)c2=O)=N1. The Bertz CT molecular complexity index is 2110. The third-order valence-electron chi connectivity index (χ3n) is 7.19. The fourth-order valence-corrected chi connectivity index (χ4v) is 6.07. The van der Waals surface area contributed by atoms with Crippen molar-refractivity contribution in [1.29, 1.82) is 5.26 Å². The summed E-state index contributed by atoms with van der Waals surface area (Å²) >= 11 is 1.22. The number of para-hydroxylation sites is 1. The molecule has 0 radical (unpaired) electrons. The Kier molecular flexibility index (Phi) is 8.00. The van der Waals surface area contributed by atoms with Crippen molar-refractivity contribution in [3.05, 3.63) is 162 Å². The zero-order chi connectivity index (χ0) is 30.6. The molecule has 7 nitrogen and oxygen atoms in total. The van der Waals surface area contributed by atoms with Crippen molar-refractivity contribution in [3.8, 4) is 11.8 Å². The maximum Gasteiger partial charge on any atom is 0.271 e. The summed E-state index contributed by atoms with van der Waals surface area (Å²) in [5.74, 6) is -0.190. The van der Waals surface area contributed by atoms with E-state index in [0.717, 1.165) is 11.1 Å². The number of ether oxygens (including phenoxy) is 1. The van der Waals surface area contributed by atoms with E-state index in [2.05, 4.69) is 16.4 Å². The van der Waals surface area contributed by atoms with Gasteiger partial charge in [-0.2, -0.15) is 5.26 Å². The maximum absolute atomic E-state index is 13.9. The van der Waals surface area contributed by atoms with Gasteiger partial charge in [0.2, 0.25) is 0 Å². The highest BCUT2D eigenvalue weighted by atomic mass is 32.1. The van der Waals surface area contributed by atoms with Crippen LogP contribution in [-0.2, 0) is 11.4 Å². The van der Waals surface area contributed by atoms with Crippen LogP contribution in [0.15, 0.2) is 124 Å². The number of nitrogens with one attached hydrogen (secondary N) is 1. The van der Waals surface area contributed by atoms with E-state index in [0.29, 0.717) is 43.2 Å². The van der Waals surface area contributed by atoms with E-state index in [1.54, 1.807) is 55.5 Å². The Morgan fingerprint density at radius 2 is 1.73 bits per heavy atom. The number of benzene rings is 4. The average molecular weight is 601 g/mol. The van der Waals surface area contributed by atoms with Gasteiger partial charge in [0, 0.05) is 11.3 Å². The van der Waals surface area contributed by atoms with Gasteiger partial charge in [0.25, 0.3) is 11.5 Å². The molecule has 1 aromatic heterocycles. The van der Waals surface area contributed by atoms with Crippen molar-refractivity contribution in [2.75, 3.05) is 5.32 Å². The second kappa shape index (κ2) is 12.3. The van der Waals surface area contributed by atoms with Crippen molar-refractivity contribution >= 4 is 29.0 Å². The monoisotopic (exact) mass is 600 g/mol. The first kappa shape index (κ1) is 28.5. The zero-order valence-corrected chi connectivity index (χ0v) is 24.3. The molecule has 1 amide bonds. The number of carbonyl (C=O) groups is 1. The second-order valence-electron chi connectivity index (χ2n) is 10.1. The van der Waals surface area contributed by atoms with E-state index in [9.17, 15) is 19.2 Å². The fraction of sp³-hybridized carbons (Fsp3) is 0.0857. The molecular formula is C35H25FN4O3S. The number of anilines is 1. The lowest BCUT2D eigenvalue weighted by atomic mass is 9.95. The van der Waals surface area contributed by atoms with Gasteiger partial charge < -0.3 is 10.1 Å². The lowest BCUT2D eigenvalue weighted by Crippen LogP contribution is -2.40. The van der Waals surface area contributed by atoms with Crippen LogP contribution in [0, 0.1) is 17.1 Å². The van der Waals surface area contributed by atoms with Crippen LogP contribution in [0.25, 0.3) is 6.08 Å². The molecule has 0 aliphatic carbocycles. The van der Waals surface area contributed by atoms with Crippen LogP contribution in [0.3, 0.4) is 0 Å². The first-order valence-corrected chi connectivity index (χ1v) is 14.6. The summed E-state index contributed by atoms with van der Waals surface area (Å²) in [4.78, 5) is 32.6. The molecule has 9 heteroatoms. The van der Waals surface area contributed by atoms with Crippen LogP contribution < -0.4 is 24.9 Å². The quantitative estimate of drug-likeness (QED) is 0.268. The highest BCUT2D eigenvalue weighted by Gasteiger charge is 2.32. The Morgan fingerprint density at radius 1 is 1.02 bits per heavy atom. The zero-order valence-electron chi connectivity index (χ0n) is 23.5. The molecule has 0 fully saturated rings. The number of amides is 1. The van der Waals surface area contributed by atoms with Crippen LogP contribution >= 0.6 is 11.3 Å². The number of aromatic nitrogens is 1. The summed E-state index contributed by atoms with van der Waals surface area (Å²) < 4.78 is 21.7. The third-order valence-corrected chi connectivity index (χ3v) is 8.18. The van der Waals surface area contributed by atoms with Crippen LogP contribution in [0.4, 0.5) is 10.1 Å². The maximum atomic E-state index is 13.9. The van der Waals surface area contributed by atoms with Crippen molar-refractivity contribution < 1.29 is 13.9 Å². The highest BCUT2D eigenvalue weighted by molar-refractivity contribution is 7.07. The van der Waals surface area contributed by atoms with Crippen LogP contribution in [-0.4, -0.2) is 10.5 Å². The molecule has 0 unspecified atom stereocenters. The molecule has 1 aliphatic rings. The van der Waals surface area contributed by atoms with Gasteiger partial charge in [-0.15, -0.1) is 0 Å². The number of rotatable bonds is 7. The summed E-state index contributed by atoms with van der Waals surface area (Å²) in [6.45, 7) is 1.99. The van der Waals surface area contributed by atoms with Crippen molar-refractivity contribution in [2.24, 2.45) is 4.99 Å². The fourth-order valence-electron chi connectivity index (χ4n) is 5.02. The van der Waals surface area contributed by atoms with Gasteiger partial charge in [0.05, 0.1) is 33.5 Å². The molecule has 0 spiro atoms. The van der Waals surface area contributed by atoms with E-state index in [4.69, 9.17) is 4.74 Å². The van der Waals surface area contributed by atoms with Gasteiger partial charge >= 0.3 is 0 Å². The van der Waals surface area contributed by atoms with E-state index in [1.807, 2.05) is 48.5 Å². The molecule has 44 heavy (non-hydrogen) atoms. The molecule has 0 saturated carbocycles. The molecular weight excluding hydrogens is 575 g/mol. The van der Waals surface area contributed by atoms with Crippen LogP contribution in [0.2, 0.25) is 0 Å². The number of halogens is 1. The van der Waals surface area contributed by atoms with Gasteiger partial charge in [0.15, 0.2) is 4.80 Å². The number of thiazole rings is 1. The molecule has 1 atom stereocenters. The largest absolute Gasteiger partial charge is 0.489 e. The summed E-state index contributed by atoms with van der Waals surface area (Å²) in [7, 11) is 0. The Hall–Kier alpha value is -5.59. The second-order valence-corrected chi connectivity index (χ2v) is 11.1. The number of hydrogen-bond donors (Lipinski definition) is 1. The molecule has 5 aromatic rings. The molecule has 1 N–H and O–H groups in total. The number of fused-ring (bicyclic) bond motifs is 1. The van der Waals surface area contributed by atoms with Crippen molar-refractivity contribution in [1.82, 2.24) is 4.57 Å². The van der Waals surface area contributed by atoms with Gasteiger partial charge in [0.1, 0.15) is 18.2 Å². The molecule has 0 saturated heterocycles. The Balaban J connectivity index is 1.33. The summed E-state index contributed by atoms with van der Waals surface area (Å²) in [6.07, 6.45) is 1.77.